The van der Waals surface area contributed by atoms with E-state index in [0.717, 1.165) is 0 Å². The number of hydrogen-bond acceptors (Lipinski definition) is 2. The van der Waals surface area contributed by atoms with Crippen LogP contribution in [-0.2, 0) is 0 Å². The van der Waals surface area contributed by atoms with Gasteiger partial charge in [0.05, 0.1) is 6.10 Å². The molecule has 1 aromatic rings. The van der Waals surface area contributed by atoms with Crippen molar-refractivity contribution in [2.24, 2.45) is 5.92 Å². The number of aliphatic hydroxyl groups is 1. The van der Waals surface area contributed by atoms with Crippen LogP contribution in [0.25, 0.3) is 0 Å². The zero-order valence-electron chi connectivity index (χ0n) is 6.53. The lowest BCUT2D eigenvalue weighted by Crippen LogP contribution is -2.02. The van der Waals surface area contributed by atoms with E-state index in [2.05, 4.69) is 17.5 Å². The summed E-state index contributed by atoms with van der Waals surface area (Å²) in [5.74, 6) is 1.20. The van der Waals surface area contributed by atoms with Gasteiger partial charge in [-0.15, -0.1) is 11.3 Å². The summed E-state index contributed by atoms with van der Waals surface area (Å²) >= 11 is 1.80. The topological polar surface area (TPSA) is 20.2 Å². The average Bonchev–Trinajstić information content (AvgIpc) is 2.60. The first-order valence-electron chi connectivity index (χ1n) is 4.00. The molecule has 1 aliphatic rings. The Labute approximate surface area is 70.7 Å². The van der Waals surface area contributed by atoms with Crippen molar-refractivity contribution in [1.82, 2.24) is 0 Å². The smallest absolute Gasteiger partial charge is 0.0546 e. The van der Waals surface area contributed by atoms with Crippen molar-refractivity contribution in [2.75, 3.05) is 0 Å². The molecule has 1 heterocycles. The van der Waals surface area contributed by atoms with Gasteiger partial charge < -0.3 is 5.11 Å². The fraction of sp³-hybridized carbons (Fsp3) is 0.556. The van der Waals surface area contributed by atoms with E-state index in [-0.39, 0.29) is 6.10 Å². The van der Waals surface area contributed by atoms with Gasteiger partial charge in [-0.2, -0.15) is 0 Å². The second-order valence-electron chi connectivity index (χ2n) is 3.26. The largest absolute Gasteiger partial charge is 0.393 e. The van der Waals surface area contributed by atoms with Gasteiger partial charge in [0.15, 0.2) is 0 Å². The van der Waals surface area contributed by atoms with Gasteiger partial charge in [0.1, 0.15) is 0 Å². The third kappa shape index (κ3) is 1.33. The summed E-state index contributed by atoms with van der Waals surface area (Å²) in [6.07, 6.45) is 1.06. The molecule has 11 heavy (non-hydrogen) atoms. The van der Waals surface area contributed by atoms with Gasteiger partial charge in [-0.05, 0) is 36.6 Å². The van der Waals surface area contributed by atoms with E-state index < -0.39 is 0 Å². The summed E-state index contributed by atoms with van der Waals surface area (Å²) in [5, 5.41) is 11.4. The zero-order valence-corrected chi connectivity index (χ0v) is 7.34. The molecule has 1 aromatic heterocycles. The molecule has 1 fully saturated rings. The Morgan fingerprint density at radius 3 is 3.00 bits per heavy atom. The Bertz CT molecular complexity index is 228. The highest BCUT2D eigenvalue weighted by Gasteiger charge is 2.41. The van der Waals surface area contributed by atoms with E-state index in [1.165, 1.54) is 11.3 Å². The lowest BCUT2D eigenvalue weighted by atomic mass is 10.2. The Morgan fingerprint density at radius 2 is 2.55 bits per heavy atom. The first-order valence-corrected chi connectivity index (χ1v) is 4.88. The van der Waals surface area contributed by atoms with Gasteiger partial charge in [-0.25, -0.2) is 0 Å². The summed E-state index contributed by atoms with van der Waals surface area (Å²) in [7, 11) is 0. The Hall–Kier alpha value is -0.340. The summed E-state index contributed by atoms with van der Waals surface area (Å²) in [6.45, 7) is 1.89. The lowest BCUT2D eigenvalue weighted by Gasteiger charge is -1.99. The maximum atomic E-state index is 9.27. The van der Waals surface area contributed by atoms with Crippen LogP contribution in [0.15, 0.2) is 17.5 Å². The van der Waals surface area contributed by atoms with Crippen molar-refractivity contribution in [3.05, 3.63) is 22.4 Å². The normalized spacial score (nSPS) is 31.8. The molecule has 1 saturated carbocycles. The van der Waals surface area contributed by atoms with E-state index in [9.17, 15) is 5.11 Å². The average molecular weight is 168 g/mol. The summed E-state index contributed by atoms with van der Waals surface area (Å²) < 4.78 is 0. The molecule has 0 bridgehead atoms. The second kappa shape index (κ2) is 2.61. The molecule has 3 atom stereocenters. The minimum absolute atomic E-state index is 0.123. The van der Waals surface area contributed by atoms with Gasteiger partial charge in [0.2, 0.25) is 0 Å². The van der Waals surface area contributed by atoms with Crippen molar-refractivity contribution in [3.63, 3.8) is 0 Å². The van der Waals surface area contributed by atoms with Crippen molar-refractivity contribution >= 4 is 11.3 Å². The number of thiophene rings is 1. The molecule has 2 heteroatoms. The van der Waals surface area contributed by atoms with E-state index in [4.69, 9.17) is 0 Å². The molecule has 0 amide bonds. The van der Waals surface area contributed by atoms with Crippen LogP contribution in [0.2, 0.25) is 0 Å². The minimum Gasteiger partial charge on any atom is -0.393 e. The molecular formula is C9H12OS. The molecule has 0 saturated heterocycles. The van der Waals surface area contributed by atoms with Gasteiger partial charge in [-0.3, -0.25) is 0 Å². The van der Waals surface area contributed by atoms with Crippen molar-refractivity contribution in [3.8, 4) is 0 Å². The highest BCUT2D eigenvalue weighted by Crippen LogP contribution is 2.50. The van der Waals surface area contributed by atoms with E-state index >= 15 is 0 Å². The van der Waals surface area contributed by atoms with Crippen LogP contribution in [0.3, 0.4) is 0 Å². The fourth-order valence-corrected chi connectivity index (χ4v) is 2.49. The van der Waals surface area contributed by atoms with E-state index in [1.807, 2.05) is 6.92 Å². The summed E-state index contributed by atoms with van der Waals surface area (Å²) in [5.41, 5.74) is 0. The predicted molar refractivity (Wildman–Crippen MR) is 46.8 cm³/mol. The number of hydrogen-bond donors (Lipinski definition) is 1. The van der Waals surface area contributed by atoms with Gasteiger partial charge in [0, 0.05) is 4.88 Å². The maximum absolute atomic E-state index is 9.27. The number of aliphatic hydroxyl groups excluding tert-OH is 1. The molecule has 60 valence electrons. The third-order valence-corrected chi connectivity index (χ3v) is 3.37. The second-order valence-corrected chi connectivity index (χ2v) is 4.24. The Morgan fingerprint density at radius 1 is 1.73 bits per heavy atom. The van der Waals surface area contributed by atoms with Crippen LogP contribution >= 0.6 is 11.3 Å². The summed E-state index contributed by atoms with van der Waals surface area (Å²) in [4.78, 5) is 1.44. The molecule has 0 unspecified atom stereocenters. The van der Waals surface area contributed by atoms with Crippen molar-refractivity contribution in [1.29, 1.82) is 0 Å². The van der Waals surface area contributed by atoms with Crippen LogP contribution in [0.4, 0.5) is 0 Å². The first kappa shape index (κ1) is 7.32. The molecule has 1 N–H and O–H groups in total. The Kier molecular flexibility index (Phi) is 1.74. The van der Waals surface area contributed by atoms with Crippen LogP contribution in [0.1, 0.15) is 24.1 Å². The third-order valence-electron chi connectivity index (χ3n) is 2.37. The number of rotatable bonds is 2. The van der Waals surface area contributed by atoms with Crippen molar-refractivity contribution < 1.29 is 5.11 Å². The molecule has 0 radical (unpaired) electrons. The first-order chi connectivity index (χ1) is 5.29. The van der Waals surface area contributed by atoms with Crippen LogP contribution in [0.5, 0.6) is 0 Å². The van der Waals surface area contributed by atoms with Crippen LogP contribution in [-0.4, -0.2) is 11.2 Å². The predicted octanol–water partition coefficient (Wildman–Crippen LogP) is 2.23. The highest BCUT2D eigenvalue weighted by molar-refractivity contribution is 7.10. The van der Waals surface area contributed by atoms with E-state index in [0.29, 0.717) is 11.8 Å². The van der Waals surface area contributed by atoms with Crippen molar-refractivity contribution in [2.45, 2.75) is 25.4 Å². The Balaban J connectivity index is 2.02. The molecule has 0 aromatic carbocycles. The molecule has 0 aliphatic heterocycles. The molecule has 1 aliphatic carbocycles. The van der Waals surface area contributed by atoms with Gasteiger partial charge >= 0.3 is 0 Å². The maximum Gasteiger partial charge on any atom is 0.0546 e. The molecule has 2 rings (SSSR count). The fourth-order valence-electron chi connectivity index (χ4n) is 1.58. The quantitative estimate of drug-likeness (QED) is 0.718. The minimum atomic E-state index is -0.123. The van der Waals surface area contributed by atoms with Gasteiger partial charge in [-0.1, -0.05) is 6.07 Å². The van der Waals surface area contributed by atoms with Crippen LogP contribution < -0.4 is 0 Å². The summed E-state index contributed by atoms with van der Waals surface area (Å²) in [6, 6.07) is 4.25. The molecule has 1 nitrogen and oxygen atoms in total. The monoisotopic (exact) mass is 168 g/mol. The molecular weight excluding hydrogens is 156 g/mol. The standard InChI is InChI=1S/C9H12OS/c1-6(10)7-5-8(7)9-3-2-4-11-9/h2-4,6-8,10H,5H2,1H3/t6-,7-,8+/m0/s1. The lowest BCUT2D eigenvalue weighted by molar-refractivity contribution is 0.169. The SMILES string of the molecule is C[C@H](O)[C@@H]1C[C@H]1c1cccs1. The van der Waals surface area contributed by atoms with Crippen LogP contribution in [0, 0.1) is 5.92 Å². The molecule has 0 spiro atoms. The van der Waals surface area contributed by atoms with E-state index in [1.54, 1.807) is 11.3 Å². The highest BCUT2D eigenvalue weighted by atomic mass is 32.1. The van der Waals surface area contributed by atoms with Gasteiger partial charge in [0.25, 0.3) is 0 Å². The zero-order chi connectivity index (χ0) is 7.84.